The third-order valence-corrected chi connectivity index (χ3v) is 5.85. The largest absolute Gasteiger partial charge is 0.459 e. The van der Waals surface area contributed by atoms with Gasteiger partial charge in [0.1, 0.15) is 4.83 Å². The standard InChI is InChI=1S/C22H18N4O3S/c1-12-10-13(11-28-2)17-18(26-21(27)16-8-5-9-29-16)19(30-22(17)23-12)20-24-14-6-3-4-7-15(14)25-20/h3-10H,11H2,1-2H3,(H,24,25)(H,26,27). The lowest BCUT2D eigenvalue weighted by Gasteiger charge is -2.09. The Hall–Kier alpha value is -3.49. The van der Waals surface area contributed by atoms with Crippen molar-refractivity contribution in [3.05, 3.63) is 65.7 Å². The minimum atomic E-state index is -0.332. The normalized spacial score (nSPS) is 11.4. The first kappa shape index (κ1) is 18.5. The van der Waals surface area contributed by atoms with Crippen molar-refractivity contribution >= 4 is 44.2 Å². The van der Waals surface area contributed by atoms with E-state index in [4.69, 9.17) is 19.1 Å². The lowest BCUT2D eigenvalue weighted by Crippen LogP contribution is -2.11. The first-order valence-electron chi connectivity index (χ1n) is 9.36. The number of nitrogens with one attached hydrogen (secondary N) is 2. The second-order valence-electron chi connectivity index (χ2n) is 6.88. The summed E-state index contributed by atoms with van der Waals surface area (Å²) in [5.74, 6) is 0.578. The number of nitrogens with zero attached hydrogens (tertiary/aromatic N) is 2. The van der Waals surface area contributed by atoms with Gasteiger partial charge in [0.2, 0.25) is 0 Å². The quantitative estimate of drug-likeness (QED) is 0.412. The molecule has 0 saturated heterocycles. The molecule has 0 fully saturated rings. The summed E-state index contributed by atoms with van der Waals surface area (Å²) in [6.45, 7) is 2.35. The number of thiophene rings is 1. The molecule has 5 rings (SSSR count). The van der Waals surface area contributed by atoms with Gasteiger partial charge in [0.25, 0.3) is 5.91 Å². The maximum Gasteiger partial charge on any atom is 0.291 e. The van der Waals surface area contributed by atoms with Crippen LogP contribution < -0.4 is 5.32 Å². The van der Waals surface area contributed by atoms with Crippen LogP contribution in [-0.4, -0.2) is 28.0 Å². The Morgan fingerprint density at radius 2 is 2.10 bits per heavy atom. The molecule has 2 N–H and O–H groups in total. The Labute approximate surface area is 175 Å². The van der Waals surface area contributed by atoms with E-state index in [0.29, 0.717) is 18.1 Å². The molecule has 150 valence electrons. The van der Waals surface area contributed by atoms with E-state index in [0.717, 1.165) is 37.4 Å². The van der Waals surface area contributed by atoms with Crippen molar-refractivity contribution in [1.29, 1.82) is 0 Å². The van der Waals surface area contributed by atoms with Crippen molar-refractivity contribution in [3.63, 3.8) is 0 Å². The Morgan fingerprint density at radius 3 is 2.87 bits per heavy atom. The fraction of sp³-hybridized carbons (Fsp3) is 0.136. The highest BCUT2D eigenvalue weighted by molar-refractivity contribution is 7.22. The highest BCUT2D eigenvalue weighted by Gasteiger charge is 2.23. The van der Waals surface area contributed by atoms with Crippen LogP contribution in [0, 0.1) is 6.92 Å². The number of furan rings is 1. The number of para-hydroxylation sites is 2. The number of ether oxygens (including phenoxy) is 1. The summed E-state index contributed by atoms with van der Waals surface area (Å²) in [4.78, 5) is 27.2. The SMILES string of the molecule is COCc1cc(C)nc2sc(-c3nc4ccccc4[nH]3)c(NC(=O)c3ccco3)c12. The molecule has 1 amide bonds. The highest BCUT2D eigenvalue weighted by atomic mass is 32.1. The number of carbonyl (C=O) groups is 1. The molecule has 0 aliphatic carbocycles. The average molecular weight is 418 g/mol. The molecule has 8 heteroatoms. The fourth-order valence-electron chi connectivity index (χ4n) is 3.51. The van der Waals surface area contributed by atoms with Crippen molar-refractivity contribution in [1.82, 2.24) is 15.0 Å². The van der Waals surface area contributed by atoms with E-state index in [9.17, 15) is 4.79 Å². The number of methoxy groups -OCH3 is 1. The number of imidazole rings is 1. The molecule has 0 atom stereocenters. The molecule has 0 spiro atoms. The predicted molar refractivity (Wildman–Crippen MR) is 117 cm³/mol. The first-order valence-corrected chi connectivity index (χ1v) is 10.2. The number of benzene rings is 1. The fourth-order valence-corrected chi connectivity index (χ4v) is 4.68. The van der Waals surface area contributed by atoms with E-state index in [-0.39, 0.29) is 11.7 Å². The molecule has 5 aromatic rings. The summed E-state index contributed by atoms with van der Waals surface area (Å²) in [5, 5.41) is 3.87. The molecule has 7 nitrogen and oxygen atoms in total. The number of anilines is 1. The number of carbonyl (C=O) groups excluding carboxylic acids is 1. The highest BCUT2D eigenvalue weighted by Crippen LogP contribution is 2.43. The molecule has 0 bridgehead atoms. The molecular formula is C22H18N4O3S. The minimum absolute atomic E-state index is 0.235. The second kappa shape index (κ2) is 7.40. The van der Waals surface area contributed by atoms with E-state index in [1.807, 2.05) is 37.3 Å². The van der Waals surface area contributed by atoms with Crippen molar-refractivity contribution in [2.24, 2.45) is 0 Å². The summed E-state index contributed by atoms with van der Waals surface area (Å²) in [7, 11) is 1.65. The molecule has 0 aliphatic heterocycles. The van der Waals surface area contributed by atoms with Crippen LogP contribution in [0.25, 0.3) is 32.0 Å². The number of fused-ring (bicyclic) bond motifs is 2. The molecule has 4 aromatic heterocycles. The van der Waals surface area contributed by atoms with Crippen LogP contribution in [0.2, 0.25) is 0 Å². The molecule has 0 saturated carbocycles. The number of aryl methyl sites for hydroxylation is 1. The van der Waals surface area contributed by atoms with Gasteiger partial charge in [-0.3, -0.25) is 4.79 Å². The topological polar surface area (TPSA) is 93.0 Å². The van der Waals surface area contributed by atoms with Crippen LogP contribution in [0.3, 0.4) is 0 Å². The summed E-state index contributed by atoms with van der Waals surface area (Å²) in [5.41, 5.74) is 4.27. The number of hydrogen-bond donors (Lipinski definition) is 2. The van der Waals surface area contributed by atoms with Crippen LogP contribution in [0.15, 0.2) is 53.1 Å². The summed E-state index contributed by atoms with van der Waals surface area (Å²) in [6.07, 6.45) is 1.47. The summed E-state index contributed by atoms with van der Waals surface area (Å²) >= 11 is 1.48. The van der Waals surface area contributed by atoms with E-state index >= 15 is 0 Å². The average Bonchev–Trinajstić information content (AvgIpc) is 3.46. The van der Waals surface area contributed by atoms with Gasteiger partial charge in [-0.1, -0.05) is 12.1 Å². The summed E-state index contributed by atoms with van der Waals surface area (Å²) < 4.78 is 10.7. The summed E-state index contributed by atoms with van der Waals surface area (Å²) in [6, 6.07) is 13.1. The molecule has 30 heavy (non-hydrogen) atoms. The van der Waals surface area contributed by atoms with E-state index in [1.165, 1.54) is 17.6 Å². The van der Waals surface area contributed by atoms with Gasteiger partial charge in [-0.05, 0) is 42.8 Å². The van der Waals surface area contributed by atoms with Gasteiger partial charge in [-0.25, -0.2) is 9.97 Å². The van der Waals surface area contributed by atoms with Gasteiger partial charge in [0, 0.05) is 18.2 Å². The zero-order valence-corrected chi connectivity index (χ0v) is 17.2. The molecule has 0 radical (unpaired) electrons. The zero-order chi connectivity index (χ0) is 20.7. The Morgan fingerprint density at radius 1 is 1.23 bits per heavy atom. The van der Waals surface area contributed by atoms with E-state index < -0.39 is 0 Å². The predicted octanol–water partition coefficient (Wildman–Crippen LogP) is 5.14. The Kier molecular flexibility index (Phi) is 4.57. The monoisotopic (exact) mass is 418 g/mol. The van der Waals surface area contributed by atoms with Gasteiger partial charge >= 0.3 is 0 Å². The van der Waals surface area contributed by atoms with Gasteiger partial charge in [-0.15, -0.1) is 11.3 Å². The van der Waals surface area contributed by atoms with Crippen LogP contribution >= 0.6 is 11.3 Å². The van der Waals surface area contributed by atoms with Gasteiger partial charge in [-0.2, -0.15) is 0 Å². The van der Waals surface area contributed by atoms with Gasteiger partial charge in [0.05, 0.1) is 34.5 Å². The maximum absolute atomic E-state index is 12.8. The van der Waals surface area contributed by atoms with Crippen molar-refractivity contribution in [2.45, 2.75) is 13.5 Å². The van der Waals surface area contributed by atoms with Crippen LogP contribution in [-0.2, 0) is 11.3 Å². The number of pyridine rings is 1. The molecule has 0 unspecified atom stereocenters. The number of rotatable bonds is 5. The number of hydrogen-bond acceptors (Lipinski definition) is 6. The number of H-pyrrole nitrogens is 1. The van der Waals surface area contributed by atoms with Gasteiger partial charge < -0.3 is 19.5 Å². The van der Waals surface area contributed by atoms with Gasteiger partial charge in [0.15, 0.2) is 11.6 Å². The minimum Gasteiger partial charge on any atom is -0.459 e. The zero-order valence-electron chi connectivity index (χ0n) is 16.4. The Balaban J connectivity index is 1.74. The maximum atomic E-state index is 12.8. The van der Waals surface area contributed by atoms with E-state index in [1.54, 1.807) is 19.2 Å². The number of amides is 1. The second-order valence-corrected chi connectivity index (χ2v) is 7.88. The molecule has 0 aliphatic rings. The smallest absolute Gasteiger partial charge is 0.291 e. The number of aromatic nitrogens is 3. The first-order chi connectivity index (χ1) is 14.6. The third kappa shape index (κ3) is 3.16. The third-order valence-electron chi connectivity index (χ3n) is 4.76. The van der Waals surface area contributed by atoms with Crippen molar-refractivity contribution < 1.29 is 13.9 Å². The molecular weight excluding hydrogens is 400 g/mol. The lowest BCUT2D eigenvalue weighted by molar-refractivity contribution is 0.0997. The van der Waals surface area contributed by atoms with Crippen molar-refractivity contribution in [3.8, 4) is 10.7 Å². The number of aromatic amines is 1. The van der Waals surface area contributed by atoms with Crippen molar-refractivity contribution in [2.75, 3.05) is 12.4 Å². The molecule has 4 heterocycles. The van der Waals surface area contributed by atoms with E-state index in [2.05, 4.69) is 10.3 Å². The van der Waals surface area contributed by atoms with Crippen LogP contribution in [0.1, 0.15) is 21.8 Å². The Bertz CT molecular complexity index is 1340. The molecule has 1 aromatic carbocycles. The lowest BCUT2D eigenvalue weighted by atomic mass is 10.1. The van der Waals surface area contributed by atoms with Crippen LogP contribution in [0.5, 0.6) is 0 Å². The van der Waals surface area contributed by atoms with Crippen LogP contribution in [0.4, 0.5) is 5.69 Å².